The Balaban J connectivity index is 1.73. The van der Waals surface area contributed by atoms with Crippen LogP contribution in [0.2, 0.25) is 0 Å². The molecule has 8 heteroatoms. The Bertz CT molecular complexity index is 1340. The van der Waals surface area contributed by atoms with Crippen molar-refractivity contribution >= 4 is 17.5 Å². The summed E-state index contributed by atoms with van der Waals surface area (Å²) in [7, 11) is 0. The van der Waals surface area contributed by atoms with Gasteiger partial charge in [-0.3, -0.25) is 14.8 Å². The summed E-state index contributed by atoms with van der Waals surface area (Å²) < 4.78 is 0. The van der Waals surface area contributed by atoms with E-state index in [1.165, 1.54) is 24.5 Å². The lowest BCUT2D eigenvalue weighted by molar-refractivity contribution is -0.138. The SMILES string of the molecule is CC(O)(c1ccc(CN)cc1)[C@H](NC(=O)c1ccc(C#CC#Cc2ccc(N)cc2)cc1)C(=O)NO. The average molecular weight is 483 g/mol. The van der Waals surface area contributed by atoms with Gasteiger partial charge in [-0.15, -0.1) is 0 Å². The van der Waals surface area contributed by atoms with E-state index in [0.29, 0.717) is 23.4 Å². The van der Waals surface area contributed by atoms with Crippen molar-refractivity contribution in [1.82, 2.24) is 10.8 Å². The third kappa shape index (κ3) is 6.50. The number of nitrogen functional groups attached to an aromatic ring is 1. The molecule has 0 aromatic heterocycles. The van der Waals surface area contributed by atoms with Gasteiger partial charge in [-0.2, -0.15) is 0 Å². The van der Waals surface area contributed by atoms with E-state index in [4.69, 9.17) is 11.5 Å². The van der Waals surface area contributed by atoms with Crippen LogP contribution in [0.15, 0.2) is 72.8 Å². The first kappa shape index (κ1) is 26.0. The molecule has 0 spiro atoms. The van der Waals surface area contributed by atoms with E-state index >= 15 is 0 Å². The summed E-state index contributed by atoms with van der Waals surface area (Å²) in [4.78, 5) is 25.2. The molecule has 0 fully saturated rings. The zero-order valence-electron chi connectivity index (χ0n) is 19.6. The van der Waals surface area contributed by atoms with E-state index in [9.17, 15) is 19.9 Å². The molecule has 3 aromatic carbocycles. The molecule has 8 nitrogen and oxygen atoms in total. The number of benzene rings is 3. The zero-order valence-corrected chi connectivity index (χ0v) is 19.6. The molecule has 0 aliphatic heterocycles. The van der Waals surface area contributed by atoms with Gasteiger partial charge < -0.3 is 21.9 Å². The Morgan fingerprint density at radius 2 is 1.44 bits per heavy atom. The van der Waals surface area contributed by atoms with Crippen LogP contribution in [0.3, 0.4) is 0 Å². The quantitative estimate of drug-likeness (QED) is 0.136. The third-order valence-electron chi connectivity index (χ3n) is 5.52. The molecule has 0 saturated heterocycles. The highest BCUT2D eigenvalue weighted by Gasteiger charge is 2.40. The van der Waals surface area contributed by atoms with Crippen molar-refractivity contribution in [3.05, 3.63) is 101 Å². The fourth-order valence-corrected chi connectivity index (χ4v) is 3.36. The van der Waals surface area contributed by atoms with E-state index in [1.807, 2.05) is 0 Å². The van der Waals surface area contributed by atoms with Gasteiger partial charge in [-0.05, 0) is 78.4 Å². The van der Waals surface area contributed by atoms with Crippen molar-refractivity contribution in [2.45, 2.75) is 25.1 Å². The Kier molecular flexibility index (Phi) is 8.45. The Morgan fingerprint density at radius 3 is 1.94 bits per heavy atom. The molecule has 0 radical (unpaired) electrons. The van der Waals surface area contributed by atoms with Crippen molar-refractivity contribution in [2.75, 3.05) is 5.73 Å². The van der Waals surface area contributed by atoms with Gasteiger partial charge in [0.25, 0.3) is 11.8 Å². The number of carbonyl (C=O) groups excluding carboxylic acids is 2. The smallest absolute Gasteiger partial charge is 0.269 e. The summed E-state index contributed by atoms with van der Waals surface area (Å²) in [5, 5.41) is 22.8. The van der Waals surface area contributed by atoms with Crippen molar-refractivity contribution in [3.63, 3.8) is 0 Å². The van der Waals surface area contributed by atoms with Crippen LogP contribution in [0.25, 0.3) is 0 Å². The molecule has 3 aromatic rings. The maximum absolute atomic E-state index is 12.8. The van der Waals surface area contributed by atoms with Crippen LogP contribution in [0.1, 0.15) is 39.5 Å². The van der Waals surface area contributed by atoms with Gasteiger partial charge in [0.15, 0.2) is 0 Å². The maximum atomic E-state index is 12.8. The van der Waals surface area contributed by atoms with Gasteiger partial charge in [-0.1, -0.05) is 36.1 Å². The number of hydrogen-bond donors (Lipinski definition) is 6. The molecule has 1 unspecified atom stereocenters. The summed E-state index contributed by atoms with van der Waals surface area (Å²) >= 11 is 0. The molecule has 0 heterocycles. The predicted molar refractivity (Wildman–Crippen MR) is 136 cm³/mol. The number of carbonyl (C=O) groups is 2. The normalized spacial score (nSPS) is 12.6. The van der Waals surface area contributed by atoms with E-state index in [2.05, 4.69) is 29.0 Å². The number of rotatable bonds is 6. The largest absolute Gasteiger partial charge is 0.399 e. The second-order valence-corrected chi connectivity index (χ2v) is 8.13. The highest BCUT2D eigenvalue weighted by Crippen LogP contribution is 2.26. The van der Waals surface area contributed by atoms with Crippen LogP contribution < -0.4 is 22.3 Å². The summed E-state index contributed by atoms with van der Waals surface area (Å²) in [6.07, 6.45) is 0. The first-order valence-corrected chi connectivity index (χ1v) is 11.0. The number of nitrogens with one attached hydrogen (secondary N) is 2. The average Bonchev–Trinajstić information content (AvgIpc) is 2.90. The Hall–Kier alpha value is -4.60. The molecular weight excluding hydrogens is 456 g/mol. The summed E-state index contributed by atoms with van der Waals surface area (Å²) in [6.45, 7) is 1.68. The van der Waals surface area contributed by atoms with Crippen LogP contribution in [-0.2, 0) is 16.9 Å². The summed E-state index contributed by atoms with van der Waals surface area (Å²) in [5.41, 5.74) is 14.4. The minimum Gasteiger partial charge on any atom is -0.399 e. The van der Waals surface area contributed by atoms with E-state index in [1.54, 1.807) is 60.7 Å². The molecule has 0 aliphatic rings. The fraction of sp³-hybridized carbons (Fsp3) is 0.143. The number of anilines is 1. The van der Waals surface area contributed by atoms with Crippen molar-refractivity contribution in [2.24, 2.45) is 5.73 Å². The second-order valence-electron chi connectivity index (χ2n) is 8.13. The standard InChI is InChI=1S/C28H26N4O4/c1-28(35,23-14-8-21(18-29)9-15-23)25(27(34)32-36)31-26(33)22-12-6-19(7-13-22)4-2-3-5-20-10-16-24(30)17-11-20/h6-17,25,35-36H,18,29-30H2,1H3,(H,31,33)(H,32,34)/t25-,28?/m1/s1. The van der Waals surface area contributed by atoms with Crippen molar-refractivity contribution < 1.29 is 19.9 Å². The molecule has 0 aliphatic carbocycles. The van der Waals surface area contributed by atoms with Gasteiger partial charge in [0.1, 0.15) is 11.6 Å². The minimum atomic E-state index is -1.83. The van der Waals surface area contributed by atoms with Gasteiger partial charge in [0.2, 0.25) is 0 Å². The van der Waals surface area contributed by atoms with Crippen LogP contribution in [0.5, 0.6) is 0 Å². The Labute approximate surface area is 209 Å². The number of nitrogens with two attached hydrogens (primary N) is 2. The maximum Gasteiger partial charge on any atom is 0.269 e. The van der Waals surface area contributed by atoms with E-state index < -0.39 is 23.5 Å². The summed E-state index contributed by atoms with van der Waals surface area (Å²) in [6, 6.07) is 18.6. The number of hydrogen-bond acceptors (Lipinski definition) is 6. The monoisotopic (exact) mass is 482 g/mol. The van der Waals surface area contributed by atoms with Crippen molar-refractivity contribution in [1.29, 1.82) is 0 Å². The third-order valence-corrected chi connectivity index (χ3v) is 5.52. The van der Waals surface area contributed by atoms with E-state index in [0.717, 1.165) is 11.1 Å². The summed E-state index contributed by atoms with van der Waals surface area (Å²) in [5.74, 6) is 9.71. The molecule has 182 valence electrons. The Morgan fingerprint density at radius 1 is 0.917 bits per heavy atom. The van der Waals surface area contributed by atoms with Gasteiger partial charge in [0, 0.05) is 28.9 Å². The molecular formula is C28H26N4O4. The lowest BCUT2D eigenvalue weighted by atomic mass is 9.87. The van der Waals surface area contributed by atoms with Gasteiger partial charge >= 0.3 is 0 Å². The van der Waals surface area contributed by atoms with Crippen LogP contribution in [0.4, 0.5) is 5.69 Å². The van der Waals surface area contributed by atoms with Crippen LogP contribution in [0, 0.1) is 23.7 Å². The van der Waals surface area contributed by atoms with Gasteiger partial charge in [0.05, 0.1) is 0 Å². The highest BCUT2D eigenvalue weighted by atomic mass is 16.5. The molecule has 2 amide bonds. The molecule has 36 heavy (non-hydrogen) atoms. The molecule has 2 atom stereocenters. The van der Waals surface area contributed by atoms with Crippen molar-refractivity contribution in [3.8, 4) is 23.7 Å². The molecule has 8 N–H and O–H groups in total. The molecule has 0 bridgehead atoms. The van der Waals surface area contributed by atoms with Crippen LogP contribution in [-0.4, -0.2) is 28.2 Å². The number of hydroxylamine groups is 1. The highest BCUT2D eigenvalue weighted by molar-refractivity contribution is 5.98. The number of amides is 2. The van der Waals surface area contributed by atoms with E-state index in [-0.39, 0.29) is 5.56 Å². The molecule has 3 rings (SSSR count). The fourth-order valence-electron chi connectivity index (χ4n) is 3.36. The number of aliphatic hydroxyl groups is 1. The second kappa shape index (κ2) is 11.7. The topological polar surface area (TPSA) is 151 Å². The lowest BCUT2D eigenvalue weighted by Crippen LogP contribution is -2.57. The lowest BCUT2D eigenvalue weighted by Gasteiger charge is -2.32. The van der Waals surface area contributed by atoms with Crippen LogP contribution >= 0.6 is 0 Å². The first-order chi connectivity index (χ1) is 17.2. The minimum absolute atomic E-state index is 0.235. The first-order valence-electron chi connectivity index (χ1n) is 11.0. The predicted octanol–water partition coefficient (Wildman–Crippen LogP) is 1.64. The van der Waals surface area contributed by atoms with Gasteiger partial charge in [-0.25, -0.2) is 5.48 Å². The molecule has 0 saturated carbocycles. The zero-order chi connectivity index (χ0) is 26.1.